The first-order valence-electron chi connectivity index (χ1n) is 13.2. The maximum atomic E-state index is 13.0. The van der Waals surface area contributed by atoms with Gasteiger partial charge in [-0.2, -0.15) is 8.42 Å². The summed E-state index contributed by atoms with van der Waals surface area (Å²) in [6.07, 6.45) is -0.449. The van der Waals surface area contributed by atoms with Gasteiger partial charge in [-0.3, -0.25) is 4.18 Å². The van der Waals surface area contributed by atoms with E-state index in [2.05, 4.69) is 5.32 Å². The number of rotatable bonds is 14. The van der Waals surface area contributed by atoms with Crippen molar-refractivity contribution in [1.82, 2.24) is 5.32 Å². The van der Waals surface area contributed by atoms with E-state index in [4.69, 9.17) is 13.7 Å². The van der Waals surface area contributed by atoms with Crippen LogP contribution in [0.1, 0.15) is 49.1 Å². The van der Waals surface area contributed by atoms with Gasteiger partial charge in [-0.05, 0) is 40.7 Å². The first kappa shape index (κ1) is 31.5. The molecule has 3 aromatic rings. The third-order valence-corrected chi connectivity index (χ3v) is 8.62. The van der Waals surface area contributed by atoms with Crippen molar-refractivity contribution in [2.75, 3.05) is 19.5 Å². The van der Waals surface area contributed by atoms with Crippen LogP contribution >= 0.6 is 11.8 Å². The topological polar surface area (TPSA) is 90.9 Å². The third-order valence-electron chi connectivity index (χ3n) is 5.95. The van der Waals surface area contributed by atoms with E-state index in [9.17, 15) is 13.2 Å². The molecule has 1 amide bonds. The maximum Gasteiger partial charge on any atom is 0.407 e. The summed E-state index contributed by atoms with van der Waals surface area (Å²) in [5, 5.41) is 2.72. The van der Waals surface area contributed by atoms with Crippen molar-refractivity contribution < 1.29 is 26.9 Å². The molecule has 9 heteroatoms. The van der Waals surface area contributed by atoms with Crippen molar-refractivity contribution in [2.45, 2.75) is 50.8 Å². The summed E-state index contributed by atoms with van der Waals surface area (Å²) in [5.74, 6) is 1.18. The van der Waals surface area contributed by atoms with Gasteiger partial charge < -0.3 is 14.8 Å². The highest BCUT2D eigenvalue weighted by molar-refractivity contribution is 7.98. The van der Waals surface area contributed by atoms with Crippen LogP contribution in [0, 0.1) is 5.41 Å². The van der Waals surface area contributed by atoms with E-state index < -0.39 is 22.3 Å². The number of thioether (sulfide) groups is 1. The van der Waals surface area contributed by atoms with Crippen LogP contribution in [0.15, 0.2) is 84.9 Å². The highest BCUT2D eigenvalue weighted by Crippen LogP contribution is 2.36. The molecule has 7 nitrogen and oxygen atoms in total. The van der Waals surface area contributed by atoms with E-state index in [0.29, 0.717) is 5.75 Å². The van der Waals surface area contributed by atoms with Crippen LogP contribution in [0.2, 0.25) is 0 Å². The number of hydrogen-bond donors (Lipinski definition) is 1. The highest BCUT2D eigenvalue weighted by atomic mass is 32.2. The number of benzene rings is 3. The molecule has 0 saturated carbocycles. The summed E-state index contributed by atoms with van der Waals surface area (Å²) < 4.78 is 41.7. The number of carbonyl (C=O) groups is 1. The average molecular weight is 586 g/mol. The molecular weight excluding hydrogens is 546 g/mol. The van der Waals surface area contributed by atoms with Gasteiger partial charge in [0.2, 0.25) is 0 Å². The predicted octanol–water partition coefficient (Wildman–Crippen LogP) is 6.75. The molecule has 0 saturated heterocycles. The summed E-state index contributed by atoms with van der Waals surface area (Å²) in [6.45, 7) is 5.94. The fourth-order valence-electron chi connectivity index (χ4n) is 3.81. The number of hydrogen-bond acceptors (Lipinski definition) is 7. The Labute approximate surface area is 242 Å². The van der Waals surface area contributed by atoms with Gasteiger partial charge in [0.05, 0.1) is 24.7 Å². The molecule has 0 fully saturated rings. The Balaban J connectivity index is 1.80. The van der Waals surface area contributed by atoms with Crippen LogP contribution in [0.3, 0.4) is 0 Å². The van der Waals surface area contributed by atoms with Crippen LogP contribution in [-0.2, 0) is 31.4 Å². The molecule has 1 N–H and O–H groups in total. The number of methoxy groups -OCH3 is 1. The number of nitrogens with one attached hydrogen (secondary N) is 1. The van der Waals surface area contributed by atoms with Crippen LogP contribution in [0.25, 0.3) is 0 Å². The first-order chi connectivity index (χ1) is 19.0. The second kappa shape index (κ2) is 15.1. The molecule has 0 bridgehead atoms. The molecule has 0 spiro atoms. The SMILES string of the molecule is COc1ccc(CSC(c2ccccc2)C(CCS(=O)(=O)OCC(C)(C)C)NC(=O)OCc2ccccc2)cc1. The van der Waals surface area contributed by atoms with E-state index in [1.54, 1.807) is 18.9 Å². The van der Waals surface area contributed by atoms with Crippen molar-refractivity contribution in [3.05, 3.63) is 102 Å². The quantitative estimate of drug-likeness (QED) is 0.209. The van der Waals surface area contributed by atoms with Gasteiger partial charge in [-0.1, -0.05) is 93.6 Å². The largest absolute Gasteiger partial charge is 0.497 e. The smallest absolute Gasteiger partial charge is 0.407 e. The lowest BCUT2D eigenvalue weighted by atomic mass is 9.99. The van der Waals surface area contributed by atoms with E-state index in [1.165, 1.54) is 0 Å². The fourth-order valence-corrected chi connectivity index (χ4v) is 6.35. The lowest BCUT2D eigenvalue weighted by molar-refractivity contribution is 0.135. The molecule has 2 unspecified atom stereocenters. The highest BCUT2D eigenvalue weighted by Gasteiger charge is 2.29. The second-order valence-corrected chi connectivity index (χ2v) is 13.6. The van der Waals surface area contributed by atoms with Gasteiger partial charge in [0.25, 0.3) is 10.1 Å². The van der Waals surface area contributed by atoms with Crippen LogP contribution in [-0.4, -0.2) is 40.0 Å². The molecule has 0 aliphatic heterocycles. The van der Waals surface area contributed by atoms with Gasteiger partial charge in [0.15, 0.2) is 0 Å². The van der Waals surface area contributed by atoms with Gasteiger partial charge in [-0.25, -0.2) is 4.79 Å². The lowest BCUT2D eigenvalue weighted by Gasteiger charge is -2.28. The molecule has 216 valence electrons. The predicted molar refractivity (Wildman–Crippen MR) is 161 cm³/mol. The van der Waals surface area contributed by atoms with Crippen LogP contribution in [0.5, 0.6) is 5.75 Å². The molecule has 0 aliphatic carbocycles. The minimum Gasteiger partial charge on any atom is -0.497 e. The van der Waals surface area contributed by atoms with E-state index in [-0.39, 0.29) is 36.1 Å². The average Bonchev–Trinajstić information content (AvgIpc) is 2.95. The number of carbonyl (C=O) groups excluding carboxylic acids is 1. The number of amides is 1. The zero-order valence-electron chi connectivity index (χ0n) is 23.5. The molecule has 2 atom stereocenters. The molecule has 0 radical (unpaired) electrons. The van der Waals surface area contributed by atoms with Crippen molar-refractivity contribution in [3.63, 3.8) is 0 Å². The van der Waals surface area contributed by atoms with Crippen molar-refractivity contribution in [1.29, 1.82) is 0 Å². The summed E-state index contributed by atoms with van der Waals surface area (Å²) in [7, 11) is -2.18. The summed E-state index contributed by atoms with van der Waals surface area (Å²) in [6, 6.07) is 26.4. The normalized spacial score (nSPS) is 13.3. The van der Waals surface area contributed by atoms with Crippen molar-refractivity contribution >= 4 is 28.0 Å². The third kappa shape index (κ3) is 11.2. The summed E-state index contributed by atoms with van der Waals surface area (Å²) in [5.41, 5.74) is 2.62. The Morgan fingerprint density at radius 2 is 1.52 bits per heavy atom. The number of ether oxygens (including phenoxy) is 2. The van der Waals surface area contributed by atoms with Gasteiger partial charge in [0.1, 0.15) is 12.4 Å². The fraction of sp³-hybridized carbons (Fsp3) is 0.387. The zero-order chi connectivity index (χ0) is 29.0. The minimum absolute atomic E-state index is 0.0842. The monoisotopic (exact) mass is 585 g/mol. The Morgan fingerprint density at radius 1 is 0.900 bits per heavy atom. The number of alkyl carbamates (subject to hydrolysis) is 1. The van der Waals surface area contributed by atoms with E-state index in [1.807, 2.05) is 106 Å². The molecule has 3 aromatic carbocycles. The molecule has 0 aliphatic rings. The van der Waals surface area contributed by atoms with Gasteiger partial charge in [-0.15, -0.1) is 11.8 Å². The van der Waals surface area contributed by atoms with Gasteiger partial charge >= 0.3 is 6.09 Å². The van der Waals surface area contributed by atoms with Crippen molar-refractivity contribution in [3.8, 4) is 5.75 Å². The minimum atomic E-state index is -3.81. The maximum absolute atomic E-state index is 13.0. The summed E-state index contributed by atoms with van der Waals surface area (Å²) >= 11 is 1.63. The summed E-state index contributed by atoms with van der Waals surface area (Å²) in [4.78, 5) is 13.0. The van der Waals surface area contributed by atoms with Crippen LogP contribution < -0.4 is 10.1 Å². The van der Waals surface area contributed by atoms with E-state index in [0.717, 1.165) is 22.4 Å². The standard InChI is InChI=1S/C31H39NO6S2/c1-31(2,3)23-38-40(34,35)20-19-28(32-30(33)37-21-24-11-7-5-8-12-24)29(26-13-9-6-10-14-26)39-22-25-15-17-27(36-4)18-16-25/h5-18,28-29H,19-23H2,1-4H3,(H,32,33). The Hall–Kier alpha value is -3.01. The van der Waals surface area contributed by atoms with E-state index >= 15 is 0 Å². The lowest BCUT2D eigenvalue weighted by Crippen LogP contribution is -2.40. The van der Waals surface area contributed by atoms with Gasteiger partial charge in [0, 0.05) is 11.8 Å². The Morgan fingerprint density at radius 3 is 2.12 bits per heavy atom. The molecule has 40 heavy (non-hydrogen) atoms. The molecule has 0 heterocycles. The van der Waals surface area contributed by atoms with Crippen LogP contribution in [0.4, 0.5) is 4.79 Å². The Kier molecular flexibility index (Phi) is 11.9. The molecule has 3 rings (SSSR count). The zero-order valence-corrected chi connectivity index (χ0v) is 25.2. The Bertz CT molecular complexity index is 1280. The second-order valence-electron chi connectivity index (χ2n) is 10.7. The van der Waals surface area contributed by atoms with Crippen molar-refractivity contribution in [2.24, 2.45) is 5.41 Å². The molecule has 0 aromatic heterocycles. The molecular formula is C31H39NO6S2. The first-order valence-corrected chi connectivity index (χ1v) is 15.8.